The average molecular weight is 332 g/mol. The SMILES string of the molecule is C[C@@H](Oc1ccc(C#N)cc1Cl)C(=O)Nc1sccc1C#N. The van der Waals surface area contributed by atoms with Crippen LogP contribution in [0.2, 0.25) is 5.02 Å². The molecule has 0 aliphatic carbocycles. The van der Waals surface area contributed by atoms with Gasteiger partial charge in [0.15, 0.2) is 6.10 Å². The summed E-state index contributed by atoms with van der Waals surface area (Å²) in [5, 5.41) is 22.8. The molecule has 0 unspecified atom stereocenters. The zero-order valence-electron chi connectivity index (χ0n) is 11.5. The van der Waals surface area contributed by atoms with Crippen molar-refractivity contribution >= 4 is 33.8 Å². The van der Waals surface area contributed by atoms with Crippen LogP contribution < -0.4 is 10.1 Å². The first-order chi connectivity index (χ1) is 10.5. The van der Waals surface area contributed by atoms with Crippen LogP contribution in [0.5, 0.6) is 5.75 Å². The summed E-state index contributed by atoms with van der Waals surface area (Å²) in [5.74, 6) is -0.0746. The lowest BCUT2D eigenvalue weighted by Crippen LogP contribution is -2.30. The van der Waals surface area contributed by atoms with E-state index in [2.05, 4.69) is 5.32 Å². The van der Waals surface area contributed by atoms with Gasteiger partial charge in [-0.3, -0.25) is 4.79 Å². The standard InChI is InChI=1S/C15H10ClN3O2S/c1-9(14(20)19-15-11(8-18)4-5-22-15)21-13-3-2-10(7-17)6-12(13)16/h2-6,9H,1H3,(H,19,20)/t9-/m1/s1. The van der Waals surface area contributed by atoms with Crippen LogP contribution in [-0.4, -0.2) is 12.0 Å². The van der Waals surface area contributed by atoms with E-state index in [1.54, 1.807) is 24.4 Å². The smallest absolute Gasteiger partial charge is 0.265 e. The van der Waals surface area contributed by atoms with Crippen LogP contribution in [0.1, 0.15) is 18.1 Å². The normalized spacial score (nSPS) is 11.1. The Morgan fingerprint density at radius 2 is 2.14 bits per heavy atom. The van der Waals surface area contributed by atoms with Crippen molar-refractivity contribution in [1.82, 2.24) is 0 Å². The second-order valence-corrected chi connectivity index (χ2v) is 5.60. The molecule has 0 aliphatic heterocycles. The number of thiophene rings is 1. The van der Waals surface area contributed by atoms with Crippen LogP contribution in [0, 0.1) is 22.7 Å². The highest BCUT2D eigenvalue weighted by Crippen LogP contribution is 2.27. The van der Waals surface area contributed by atoms with Gasteiger partial charge in [0.05, 0.1) is 22.2 Å². The summed E-state index contributed by atoms with van der Waals surface area (Å²) in [5.41, 5.74) is 0.814. The Morgan fingerprint density at radius 1 is 1.36 bits per heavy atom. The second-order valence-electron chi connectivity index (χ2n) is 4.28. The number of halogens is 1. The summed E-state index contributed by atoms with van der Waals surface area (Å²) in [6, 6.07) is 10.1. The summed E-state index contributed by atoms with van der Waals surface area (Å²) >= 11 is 7.26. The van der Waals surface area contributed by atoms with Gasteiger partial charge in [-0.1, -0.05) is 11.6 Å². The molecule has 110 valence electrons. The molecule has 0 fully saturated rings. The first kappa shape index (κ1) is 15.8. The van der Waals surface area contributed by atoms with Gasteiger partial charge in [0.25, 0.3) is 5.91 Å². The predicted octanol–water partition coefficient (Wildman–Crippen LogP) is 3.55. The maximum absolute atomic E-state index is 12.1. The monoisotopic (exact) mass is 331 g/mol. The highest BCUT2D eigenvalue weighted by Gasteiger charge is 2.18. The van der Waals surface area contributed by atoms with Crippen molar-refractivity contribution < 1.29 is 9.53 Å². The van der Waals surface area contributed by atoms with Crippen molar-refractivity contribution in [2.24, 2.45) is 0 Å². The Labute approximate surface area is 136 Å². The van der Waals surface area contributed by atoms with Gasteiger partial charge in [0.1, 0.15) is 16.8 Å². The molecule has 0 saturated heterocycles. The highest BCUT2D eigenvalue weighted by atomic mass is 35.5. The lowest BCUT2D eigenvalue weighted by molar-refractivity contribution is -0.122. The van der Waals surface area contributed by atoms with Crippen LogP contribution in [0.3, 0.4) is 0 Å². The number of rotatable bonds is 4. The van der Waals surface area contributed by atoms with Crippen molar-refractivity contribution in [1.29, 1.82) is 10.5 Å². The summed E-state index contributed by atoms with van der Waals surface area (Å²) in [6.45, 7) is 1.57. The molecule has 1 aromatic heterocycles. The van der Waals surface area contributed by atoms with E-state index < -0.39 is 6.10 Å². The Bertz CT molecular complexity index is 789. The lowest BCUT2D eigenvalue weighted by atomic mass is 10.2. The fourth-order valence-electron chi connectivity index (χ4n) is 1.62. The number of benzene rings is 1. The first-order valence-corrected chi connectivity index (χ1v) is 7.45. The van der Waals surface area contributed by atoms with Crippen molar-refractivity contribution in [3.05, 3.63) is 45.8 Å². The van der Waals surface area contributed by atoms with Crippen LogP contribution in [0.4, 0.5) is 5.00 Å². The van der Waals surface area contributed by atoms with Crippen molar-refractivity contribution in [2.45, 2.75) is 13.0 Å². The van der Waals surface area contributed by atoms with E-state index in [0.717, 1.165) is 0 Å². The van der Waals surface area contributed by atoms with E-state index in [-0.39, 0.29) is 10.9 Å². The Hall–Kier alpha value is -2.54. The third kappa shape index (κ3) is 3.56. The molecule has 0 saturated carbocycles. The van der Waals surface area contributed by atoms with E-state index in [0.29, 0.717) is 21.9 Å². The number of carbonyl (C=O) groups excluding carboxylic acids is 1. The van der Waals surface area contributed by atoms with E-state index in [1.165, 1.54) is 23.5 Å². The topological polar surface area (TPSA) is 85.9 Å². The molecule has 1 N–H and O–H groups in total. The summed E-state index contributed by atoms with van der Waals surface area (Å²) < 4.78 is 5.50. The maximum Gasteiger partial charge on any atom is 0.265 e. The lowest BCUT2D eigenvalue weighted by Gasteiger charge is -2.15. The number of carbonyl (C=O) groups is 1. The molecule has 0 spiro atoms. The van der Waals surface area contributed by atoms with Crippen molar-refractivity contribution in [3.63, 3.8) is 0 Å². The largest absolute Gasteiger partial charge is 0.479 e. The molecule has 1 heterocycles. The fraction of sp³-hybridized carbons (Fsp3) is 0.133. The molecule has 7 heteroatoms. The maximum atomic E-state index is 12.1. The van der Waals surface area contributed by atoms with Gasteiger partial charge in [0, 0.05) is 0 Å². The quantitative estimate of drug-likeness (QED) is 0.928. The fourth-order valence-corrected chi connectivity index (χ4v) is 2.58. The van der Waals surface area contributed by atoms with Gasteiger partial charge < -0.3 is 10.1 Å². The highest BCUT2D eigenvalue weighted by molar-refractivity contribution is 7.14. The van der Waals surface area contributed by atoms with E-state index in [1.807, 2.05) is 12.1 Å². The molecule has 2 rings (SSSR count). The Morgan fingerprint density at radius 3 is 2.77 bits per heavy atom. The number of amides is 1. The minimum atomic E-state index is -0.806. The van der Waals surface area contributed by atoms with E-state index >= 15 is 0 Å². The summed E-state index contributed by atoms with van der Waals surface area (Å²) in [4.78, 5) is 12.1. The minimum Gasteiger partial charge on any atom is -0.479 e. The predicted molar refractivity (Wildman–Crippen MR) is 83.9 cm³/mol. The molecule has 0 aliphatic rings. The van der Waals surface area contributed by atoms with Crippen LogP contribution in [-0.2, 0) is 4.79 Å². The zero-order chi connectivity index (χ0) is 16.1. The number of hydrogen-bond donors (Lipinski definition) is 1. The van der Waals surface area contributed by atoms with Gasteiger partial charge in [-0.2, -0.15) is 10.5 Å². The van der Waals surface area contributed by atoms with E-state index in [9.17, 15) is 4.79 Å². The molecule has 5 nitrogen and oxygen atoms in total. The third-order valence-corrected chi connectivity index (χ3v) is 3.88. The van der Waals surface area contributed by atoms with Gasteiger partial charge >= 0.3 is 0 Å². The zero-order valence-corrected chi connectivity index (χ0v) is 13.0. The number of anilines is 1. The van der Waals surface area contributed by atoms with Gasteiger partial charge in [-0.05, 0) is 36.6 Å². The van der Waals surface area contributed by atoms with Gasteiger partial charge in [0.2, 0.25) is 0 Å². The molecule has 22 heavy (non-hydrogen) atoms. The molecule has 0 bridgehead atoms. The minimum absolute atomic E-state index is 0.257. The average Bonchev–Trinajstić information content (AvgIpc) is 2.96. The number of hydrogen-bond acceptors (Lipinski definition) is 5. The Kier molecular flexibility index (Phi) is 5.00. The number of nitrogens with one attached hydrogen (secondary N) is 1. The second kappa shape index (κ2) is 6.95. The van der Waals surface area contributed by atoms with Gasteiger partial charge in [-0.25, -0.2) is 0 Å². The molecule has 1 aromatic carbocycles. The Balaban J connectivity index is 2.06. The summed E-state index contributed by atoms with van der Waals surface area (Å²) in [6.07, 6.45) is -0.806. The summed E-state index contributed by atoms with van der Waals surface area (Å²) in [7, 11) is 0. The first-order valence-electron chi connectivity index (χ1n) is 6.20. The molecular formula is C15H10ClN3O2S. The molecule has 1 atom stereocenters. The van der Waals surface area contributed by atoms with Crippen molar-refractivity contribution in [3.8, 4) is 17.9 Å². The number of ether oxygens (including phenoxy) is 1. The van der Waals surface area contributed by atoms with Crippen LogP contribution >= 0.6 is 22.9 Å². The molecule has 2 aromatic rings. The van der Waals surface area contributed by atoms with Gasteiger partial charge in [-0.15, -0.1) is 11.3 Å². The molecular weight excluding hydrogens is 322 g/mol. The van der Waals surface area contributed by atoms with E-state index in [4.69, 9.17) is 26.9 Å². The van der Waals surface area contributed by atoms with Crippen LogP contribution in [0.25, 0.3) is 0 Å². The van der Waals surface area contributed by atoms with Crippen LogP contribution in [0.15, 0.2) is 29.6 Å². The number of nitrogens with zero attached hydrogens (tertiary/aromatic N) is 2. The molecule has 1 amide bonds. The molecule has 0 radical (unpaired) electrons. The number of nitriles is 2. The third-order valence-electron chi connectivity index (χ3n) is 2.76. The van der Waals surface area contributed by atoms with Crippen molar-refractivity contribution in [2.75, 3.05) is 5.32 Å².